The minimum Gasteiger partial charge on any atom is -0.363 e. The Kier molecular flexibility index (Phi) is 4.63. The van der Waals surface area contributed by atoms with Crippen LogP contribution in [-0.2, 0) is 0 Å². The number of nitrogens with two attached hydrogens (primary N) is 1. The number of hydrogen-bond acceptors (Lipinski definition) is 4. The minimum atomic E-state index is 0.0154. The summed E-state index contributed by atoms with van der Waals surface area (Å²) in [5, 5.41) is 3.62. The molecule has 0 aromatic carbocycles. The molecule has 1 aliphatic carbocycles. The smallest absolute Gasteiger partial charge is 0.133 e. The van der Waals surface area contributed by atoms with Crippen LogP contribution in [0.2, 0.25) is 0 Å². The largest absolute Gasteiger partial charge is 0.363 e. The lowest BCUT2D eigenvalue weighted by Crippen LogP contribution is -2.48. The number of aryl methyl sites for hydroxylation is 1. The van der Waals surface area contributed by atoms with Crippen LogP contribution in [-0.4, -0.2) is 22.1 Å². The van der Waals surface area contributed by atoms with Crippen molar-refractivity contribution in [2.45, 2.75) is 64.8 Å². The molecule has 0 amide bonds. The third-order valence-electron chi connectivity index (χ3n) is 4.40. The molecule has 1 aromatic heterocycles. The van der Waals surface area contributed by atoms with Crippen LogP contribution >= 0.6 is 0 Å². The molecule has 1 aliphatic rings. The Morgan fingerprint density at radius 1 is 1.35 bits per heavy atom. The van der Waals surface area contributed by atoms with Gasteiger partial charge in [0.25, 0.3) is 0 Å². The molecule has 1 fully saturated rings. The molecule has 0 aliphatic heterocycles. The second-order valence-corrected chi connectivity index (χ2v) is 6.70. The molecule has 1 aromatic rings. The molecule has 0 bridgehead atoms. The zero-order valence-corrected chi connectivity index (χ0v) is 13.2. The summed E-state index contributed by atoms with van der Waals surface area (Å²) in [6.45, 7) is 9.27. The van der Waals surface area contributed by atoms with Crippen molar-refractivity contribution in [1.82, 2.24) is 9.97 Å². The van der Waals surface area contributed by atoms with E-state index in [9.17, 15) is 0 Å². The van der Waals surface area contributed by atoms with Crippen molar-refractivity contribution in [2.24, 2.45) is 11.7 Å². The van der Waals surface area contributed by atoms with Gasteiger partial charge in [0, 0.05) is 24.2 Å². The van der Waals surface area contributed by atoms with E-state index in [4.69, 9.17) is 5.73 Å². The Labute approximate surface area is 122 Å². The van der Waals surface area contributed by atoms with Gasteiger partial charge in [0.05, 0.1) is 5.54 Å². The number of rotatable bonds is 4. The Morgan fingerprint density at radius 3 is 2.55 bits per heavy atom. The highest BCUT2D eigenvalue weighted by Gasteiger charge is 2.33. The summed E-state index contributed by atoms with van der Waals surface area (Å²) in [7, 11) is 0. The van der Waals surface area contributed by atoms with Crippen LogP contribution < -0.4 is 11.1 Å². The van der Waals surface area contributed by atoms with Gasteiger partial charge in [-0.25, -0.2) is 9.97 Å². The maximum atomic E-state index is 6.06. The van der Waals surface area contributed by atoms with E-state index < -0.39 is 0 Å². The van der Waals surface area contributed by atoms with Gasteiger partial charge in [-0.3, -0.25) is 0 Å². The highest BCUT2D eigenvalue weighted by atomic mass is 15.1. The quantitative estimate of drug-likeness (QED) is 0.886. The maximum Gasteiger partial charge on any atom is 0.133 e. The molecule has 0 spiro atoms. The average Bonchev–Trinajstić information content (AvgIpc) is 2.41. The molecule has 0 saturated heterocycles. The van der Waals surface area contributed by atoms with E-state index in [1.165, 1.54) is 12.8 Å². The summed E-state index contributed by atoms with van der Waals surface area (Å²) in [5.41, 5.74) is 7.09. The van der Waals surface area contributed by atoms with Crippen LogP contribution in [0.25, 0.3) is 0 Å². The lowest BCUT2D eigenvalue weighted by atomic mass is 9.77. The van der Waals surface area contributed by atoms with E-state index in [1.807, 2.05) is 13.0 Å². The van der Waals surface area contributed by atoms with E-state index in [0.29, 0.717) is 12.5 Å². The van der Waals surface area contributed by atoms with Gasteiger partial charge in [0.15, 0.2) is 0 Å². The third-order valence-corrected chi connectivity index (χ3v) is 4.40. The Bertz CT molecular complexity index is 448. The predicted molar refractivity (Wildman–Crippen MR) is 83.9 cm³/mol. The summed E-state index contributed by atoms with van der Waals surface area (Å²) >= 11 is 0. The van der Waals surface area contributed by atoms with Crippen LogP contribution in [0.1, 0.15) is 63.9 Å². The lowest BCUT2D eigenvalue weighted by molar-refractivity contribution is 0.271. The van der Waals surface area contributed by atoms with Gasteiger partial charge in [-0.1, -0.05) is 20.8 Å². The average molecular weight is 276 g/mol. The minimum absolute atomic E-state index is 0.0154. The fourth-order valence-electron chi connectivity index (χ4n) is 2.88. The number of anilines is 1. The normalized spacial score (nSPS) is 26.8. The van der Waals surface area contributed by atoms with E-state index in [1.54, 1.807) is 0 Å². The Hall–Kier alpha value is -1.16. The van der Waals surface area contributed by atoms with Crippen molar-refractivity contribution in [3.05, 3.63) is 17.6 Å². The molecule has 1 heterocycles. The first kappa shape index (κ1) is 15.2. The Morgan fingerprint density at radius 2 is 2.00 bits per heavy atom. The number of hydrogen-bond donors (Lipinski definition) is 2. The summed E-state index contributed by atoms with van der Waals surface area (Å²) in [5.74, 6) is 3.00. The van der Waals surface area contributed by atoms with E-state index in [0.717, 1.165) is 36.1 Å². The number of nitrogens with zero attached hydrogens (tertiary/aromatic N) is 2. The van der Waals surface area contributed by atoms with Crippen molar-refractivity contribution < 1.29 is 0 Å². The van der Waals surface area contributed by atoms with Crippen LogP contribution in [0.3, 0.4) is 0 Å². The van der Waals surface area contributed by atoms with Crippen molar-refractivity contribution in [3.8, 4) is 0 Å². The molecule has 20 heavy (non-hydrogen) atoms. The van der Waals surface area contributed by atoms with E-state index in [-0.39, 0.29) is 5.54 Å². The molecule has 4 nitrogen and oxygen atoms in total. The predicted octanol–water partition coefficient (Wildman–Crippen LogP) is 3.23. The van der Waals surface area contributed by atoms with Crippen molar-refractivity contribution in [3.63, 3.8) is 0 Å². The second-order valence-electron chi connectivity index (χ2n) is 6.70. The lowest BCUT2D eigenvalue weighted by Gasteiger charge is -2.39. The van der Waals surface area contributed by atoms with E-state index in [2.05, 4.69) is 36.1 Å². The Balaban J connectivity index is 2.19. The monoisotopic (exact) mass is 276 g/mol. The molecule has 0 unspecified atom stereocenters. The fraction of sp³-hybridized carbons (Fsp3) is 0.750. The first-order valence-electron chi connectivity index (χ1n) is 7.78. The first-order valence-corrected chi connectivity index (χ1v) is 7.78. The van der Waals surface area contributed by atoms with Gasteiger partial charge in [-0.15, -0.1) is 0 Å². The zero-order chi connectivity index (χ0) is 14.8. The molecular weight excluding hydrogens is 248 g/mol. The summed E-state index contributed by atoms with van der Waals surface area (Å²) < 4.78 is 0. The van der Waals surface area contributed by atoms with Crippen LogP contribution in [0.4, 0.5) is 5.82 Å². The van der Waals surface area contributed by atoms with Gasteiger partial charge >= 0.3 is 0 Å². The van der Waals surface area contributed by atoms with Crippen LogP contribution in [0.15, 0.2) is 6.07 Å². The van der Waals surface area contributed by atoms with Gasteiger partial charge in [-0.2, -0.15) is 0 Å². The third kappa shape index (κ3) is 3.48. The standard InChI is InChI=1S/C16H28N4/c1-11(2)15-18-13(4)9-14(19-15)20-16(10-17)7-5-12(3)6-8-16/h9,11-12H,5-8,10,17H2,1-4H3,(H,18,19,20). The SMILES string of the molecule is Cc1cc(NC2(CN)CCC(C)CC2)nc(C(C)C)n1. The van der Waals surface area contributed by atoms with Gasteiger partial charge in [-0.05, 0) is 38.5 Å². The molecule has 0 radical (unpaired) electrons. The van der Waals surface area contributed by atoms with Crippen LogP contribution in [0, 0.1) is 12.8 Å². The van der Waals surface area contributed by atoms with Crippen molar-refractivity contribution >= 4 is 5.82 Å². The fourth-order valence-corrected chi connectivity index (χ4v) is 2.88. The molecule has 1 saturated carbocycles. The highest BCUT2D eigenvalue weighted by molar-refractivity contribution is 5.40. The van der Waals surface area contributed by atoms with Gasteiger partial charge < -0.3 is 11.1 Å². The van der Waals surface area contributed by atoms with Gasteiger partial charge in [0.1, 0.15) is 11.6 Å². The molecule has 0 atom stereocenters. The zero-order valence-electron chi connectivity index (χ0n) is 13.2. The molecule has 112 valence electrons. The van der Waals surface area contributed by atoms with Gasteiger partial charge in [0.2, 0.25) is 0 Å². The van der Waals surface area contributed by atoms with Crippen LogP contribution in [0.5, 0.6) is 0 Å². The topological polar surface area (TPSA) is 63.8 Å². The maximum absolute atomic E-state index is 6.06. The summed E-state index contributed by atoms with van der Waals surface area (Å²) in [6, 6.07) is 2.03. The van der Waals surface area contributed by atoms with Crippen molar-refractivity contribution in [1.29, 1.82) is 0 Å². The molecule has 2 rings (SSSR count). The second kappa shape index (κ2) is 6.08. The van der Waals surface area contributed by atoms with E-state index >= 15 is 0 Å². The highest BCUT2D eigenvalue weighted by Crippen LogP contribution is 2.33. The summed E-state index contributed by atoms with van der Waals surface area (Å²) in [4.78, 5) is 9.17. The first-order chi connectivity index (χ1) is 9.44. The molecule has 4 heteroatoms. The molecular formula is C16H28N4. The number of aromatic nitrogens is 2. The number of nitrogens with one attached hydrogen (secondary N) is 1. The molecule has 3 N–H and O–H groups in total. The van der Waals surface area contributed by atoms with Crippen molar-refractivity contribution in [2.75, 3.05) is 11.9 Å². The summed E-state index contributed by atoms with van der Waals surface area (Å²) in [6.07, 6.45) is 4.74.